The van der Waals surface area contributed by atoms with Crippen molar-refractivity contribution in [2.45, 2.75) is 66.1 Å². The molecule has 126 valence electrons. The Kier molecular flexibility index (Phi) is 7.13. The lowest BCUT2D eigenvalue weighted by Gasteiger charge is -2.21. The van der Waals surface area contributed by atoms with Crippen molar-refractivity contribution in [1.29, 1.82) is 0 Å². The van der Waals surface area contributed by atoms with Gasteiger partial charge in [-0.15, -0.1) is 0 Å². The molecule has 0 aromatic heterocycles. The molecule has 0 spiro atoms. The maximum absolute atomic E-state index is 12.5. The van der Waals surface area contributed by atoms with Gasteiger partial charge in [-0.2, -0.15) is 13.2 Å². The Labute approximate surface area is 131 Å². The number of carbonyl (C=O) groups excluding carboxylic acids is 1. The molecule has 22 heavy (non-hydrogen) atoms. The van der Waals surface area contributed by atoms with Gasteiger partial charge in [0.25, 0.3) is 5.91 Å². The number of rotatable bonds is 2. The van der Waals surface area contributed by atoms with E-state index in [0.29, 0.717) is 0 Å². The van der Waals surface area contributed by atoms with Gasteiger partial charge in [0.05, 0.1) is 0 Å². The van der Waals surface area contributed by atoms with Crippen molar-refractivity contribution in [3.63, 3.8) is 0 Å². The Morgan fingerprint density at radius 3 is 2.00 bits per heavy atom. The van der Waals surface area contributed by atoms with Gasteiger partial charge >= 0.3 is 6.18 Å². The SMILES string of the molecule is CC.Cc1cc(C(=O)NC(C)C(F)(F)F)cc(C(C)(C)C)c1. The summed E-state index contributed by atoms with van der Waals surface area (Å²) in [5, 5.41) is 1.98. The highest BCUT2D eigenvalue weighted by Gasteiger charge is 2.37. The first-order valence-corrected chi connectivity index (χ1v) is 7.41. The second-order valence-corrected chi connectivity index (χ2v) is 6.07. The Balaban J connectivity index is 0.00000211. The predicted molar refractivity (Wildman–Crippen MR) is 84.2 cm³/mol. The van der Waals surface area contributed by atoms with Crippen LogP contribution in [0.3, 0.4) is 0 Å². The molecule has 1 aromatic carbocycles. The van der Waals surface area contributed by atoms with E-state index in [9.17, 15) is 18.0 Å². The molecule has 1 rings (SSSR count). The first kappa shape index (κ1) is 20.5. The van der Waals surface area contributed by atoms with Crippen LogP contribution in [0.25, 0.3) is 0 Å². The smallest absolute Gasteiger partial charge is 0.341 e. The number of aryl methyl sites for hydroxylation is 1. The molecule has 0 bridgehead atoms. The minimum Gasteiger partial charge on any atom is -0.341 e. The van der Waals surface area contributed by atoms with Crippen LogP contribution in [0.2, 0.25) is 0 Å². The van der Waals surface area contributed by atoms with Gasteiger partial charge in [0.2, 0.25) is 0 Å². The van der Waals surface area contributed by atoms with E-state index in [4.69, 9.17) is 0 Å². The normalized spacial score (nSPS) is 13.0. The van der Waals surface area contributed by atoms with Gasteiger partial charge in [-0.1, -0.05) is 46.2 Å². The van der Waals surface area contributed by atoms with Crippen LogP contribution < -0.4 is 5.32 Å². The van der Waals surface area contributed by atoms with Gasteiger partial charge in [-0.05, 0) is 37.0 Å². The first-order valence-electron chi connectivity index (χ1n) is 7.41. The van der Waals surface area contributed by atoms with Gasteiger partial charge in [-0.3, -0.25) is 4.79 Å². The highest BCUT2D eigenvalue weighted by Crippen LogP contribution is 2.25. The van der Waals surface area contributed by atoms with Crippen molar-refractivity contribution >= 4 is 5.91 Å². The molecule has 0 aliphatic carbocycles. The largest absolute Gasteiger partial charge is 0.408 e. The summed E-state index contributed by atoms with van der Waals surface area (Å²) < 4.78 is 37.4. The summed E-state index contributed by atoms with van der Waals surface area (Å²) in [6.45, 7) is 12.7. The molecule has 1 amide bonds. The Hall–Kier alpha value is -1.52. The van der Waals surface area contributed by atoms with Crippen molar-refractivity contribution < 1.29 is 18.0 Å². The summed E-state index contributed by atoms with van der Waals surface area (Å²) in [6, 6.07) is 3.30. The molecule has 1 unspecified atom stereocenters. The maximum Gasteiger partial charge on any atom is 0.408 e. The Morgan fingerprint density at radius 1 is 1.09 bits per heavy atom. The van der Waals surface area contributed by atoms with Crippen LogP contribution in [0.5, 0.6) is 0 Å². The van der Waals surface area contributed by atoms with Crippen LogP contribution in [0, 0.1) is 6.92 Å². The van der Waals surface area contributed by atoms with E-state index in [1.165, 1.54) is 0 Å². The number of halogens is 3. The van der Waals surface area contributed by atoms with Crippen molar-refractivity contribution in [2.75, 3.05) is 0 Å². The highest BCUT2D eigenvalue weighted by atomic mass is 19.4. The van der Waals surface area contributed by atoms with E-state index in [0.717, 1.165) is 18.1 Å². The third-order valence-electron chi connectivity index (χ3n) is 3.04. The van der Waals surface area contributed by atoms with Gasteiger partial charge < -0.3 is 5.32 Å². The molecule has 2 nitrogen and oxygen atoms in total. The molecule has 0 aliphatic heterocycles. The number of nitrogens with one attached hydrogen (secondary N) is 1. The summed E-state index contributed by atoms with van der Waals surface area (Å²) >= 11 is 0. The first-order chi connectivity index (χ1) is 9.91. The molecule has 1 N–H and O–H groups in total. The second kappa shape index (κ2) is 7.65. The standard InChI is InChI=1S/C15H20F3NO.C2H6/c1-9-6-11(8-12(7-9)14(3,4)5)13(20)19-10(2)15(16,17)18;1-2/h6-8,10H,1-5H3,(H,19,20);1-2H3. The molecule has 1 atom stereocenters. The molecular weight excluding hydrogens is 291 g/mol. The molecule has 0 aliphatic rings. The molecule has 0 radical (unpaired) electrons. The second-order valence-electron chi connectivity index (χ2n) is 6.07. The molecule has 1 aromatic rings. The van der Waals surface area contributed by atoms with Gasteiger partial charge in [0, 0.05) is 5.56 Å². The quantitative estimate of drug-likeness (QED) is 0.817. The molecule has 0 saturated carbocycles. The lowest BCUT2D eigenvalue weighted by Crippen LogP contribution is -2.43. The number of hydrogen-bond acceptors (Lipinski definition) is 1. The molecule has 0 fully saturated rings. The van der Waals surface area contributed by atoms with Crippen molar-refractivity contribution in [1.82, 2.24) is 5.32 Å². The summed E-state index contributed by atoms with van der Waals surface area (Å²) in [5.74, 6) is -0.705. The minimum absolute atomic E-state index is 0.170. The van der Waals surface area contributed by atoms with Gasteiger partial charge in [0.15, 0.2) is 0 Å². The third kappa shape index (κ3) is 6.08. The van der Waals surface area contributed by atoms with E-state index in [-0.39, 0.29) is 11.0 Å². The van der Waals surface area contributed by atoms with E-state index in [1.54, 1.807) is 12.1 Å². The van der Waals surface area contributed by atoms with E-state index >= 15 is 0 Å². The van der Waals surface area contributed by atoms with E-state index in [2.05, 4.69) is 0 Å². The van der Waals surface area contributed by atoms with E-state index < -0.39 is 18.1 Å². The number of carbonyl (C=O) groups is 1. The summed E-state index contributed by atoms with van der Waals surface area (Å²) in [4.78, 5) is 11.9. The zero-order valence-corrected chi connectivity index (χ0v) is 14.4. The average molecular weight is 317 g/mol. The van der Waals surface area contributed by atoms with Crippen molar-refractivity contribution in [3.05, 3.63) is 34.9 Å². The zero-order valence-electron chi connectivity index (χ0n) is 14.4. The lowest BCUT2D eigenvalue weighted by molar-refractivity contribution is -0.149. The van der Waals surface area contributed by atoms with Crippen molar-refractivity contribution in [2.24, 2.45) is 0 Å². The van der Waals surface area contributed by atoms with Gasteiger partial charge in [-0.25, -0.2) is 0 Å². The fourth-order valence-corrected chi connectivity index (χ4v) is 1.71. The predicted octanol–water partition coefficient (Wildman–Crippen LogP) is 5.00. The summed E-state index contributed by atoms with van der Waals surface area (Å²) in [7, 11) is 0. The van der Waals surface area contributed by atoms with Crippen LogP contribution in [0.4, 0.5) is 13.2 Å². The van der Waals surface area contributed by atoms with Gasteiger partial charge in [0.1, 0.15) is 6.04 Å². The summed E-state index contributed by atoms with van der Waals surface area (Å²) in [6.07, 6.45) is -4.44. The maximum atomic E-state index is 12.5. The Morgan fingerprint density at radius 2 is 1.59 bits per heavy atom. The number of benzene rings is 1. The van der Waals surface area contributed by atoms with Crippen LogP contribution in [-0.4, -0.2) is 18.1 Å². The number of amides is 1. The molecule has 5 heteroatoms. The fourth-order valence-electron chi connectivity index (χ4n) is 1.71. The van der Waals surface area contributed by atoms with Crippen LogP contribution in [0.15, 0.2) is 18.2 Å². The minimum atomic E-state index is -4.44. The topological polar surface area (TPSA) is 29.1 Å². The molecular formula is C17H26F3NO. The van der Waals surface area contributed by atoms with E-state index in [1.807, 2.05) is 52.9 Å². The monoisotopic (exact) mass is 317 g/mol. The molecule has 0 heterocycles. The number of alkyl halides is 3. The van der Waals surface area contributed by atoms with Crippen LogP contribution in [-0.2, 0) is 5.41 Å². The number of hydrogen-bond donors (Lipinski definition) is 1. The zero-order chi connectivity index (χ0) is 17.7. The highest BCUT2D eigenvalue weighted by molar-refractivity contribution is 5.94. The molecule has 0 saturated heterocycles. The third-order valence-corrected chi connectivity index (χ3v) is 3.04. The Bertz CT molecular complexity index is 502. The van der Waals surface area contributed by atoms with Crippen molar-refractivity contribution in [3.8, 4) is 0 Å². The summed E-state index contributed by atoms with van der Waals surface area (Å²) in [5.41, 5.74) is 1.85. The van der Waals surface area contributed by atoms with Crippen LogP contribution >= 0.6 is 0 Å². The lowest BCUT2D eigenvalue weighted by atomic mass is 9.85. The van der Waals surface area contributed by atoms with Crippen LogP contribution in [0.1, 0.15) is 63.0 Å². The average Bonchev–Trinajstić information content (AvgIpc) is 2.38. The fraction of sp³-hybridized carbons (Fsp3) is 0.588.